The van der Waals surface area contributed by atoms with Crippen molar-refractivity contribution in [3.63, 3.8) is 0 Å². The highest BCUT2D eigenvalue weighted by Crippen LogP contribution is 2.15. The van der Waals surface area contributed by atoms with Gasteiger partial charge in [0.1, 0.15) is 5.82 Å². The zero-order valence-corrected chi connectivity index (χ0v) is 16.5. The topological polar surface area (TPSA) is 107 Å². The second-order valence-corrected chi connectivity index (χ2v) is 7.11. The number of carbonyl (C=O) groups is 2. The quantitative estimate of drug-likeness (QED) is 0.690. The molecule has 1 fully saturated rings. The number of benzene rings is 1. The molecule has 3 rings (SSSR count). The summed E-state index contributed by atoms with van der Waals surface area (Å²) < 4.78 is 17.0. The van der Waals surface area contributed by atoms with Gasteiger partial charge in [0.25, 0.3) is 0 Å². The van der Waals surface area contributed by atoms with Crippen molar-refractivity contribution in [1.82, 2.24) is 19.6 Å². The fourth-order valence-corrected chi connectivity index (χ4v) is 3.08. The maximum atomic E-state index is 13.0. The van der Waals surface area contributed by atoms with Crippen molar-refractivity contribution < 1.29 is 19.1 Å². The lowest BCUT2D eigenvalue weighted by Crippen LogP contribution is -2.28. The highest BCUT2D eigenvalue weighted by Gasteiger charge is 2.12. The lowest BCUT2D eigenvalue weighted by molar-refractivity contribution is 0.153. The second-order valence-electron chi connectivity index (χ2n) is 6.36. The van der Waals surface area contributed by atoms with Crippen molar-refractivity contribution in [3.8, 4) is 0 Å². The molecule has 152 valence electrons. The summed E-state index contributed by atoms with van der Waals surface area (Å²) in [6.07, 6.45) is 6.40. The first-order chi connectivity index (χ1) is 13.4. The Morgan fingerprint density at radius 1 is 1.25 bits per heavy atom. The van der Waals surface area contributed by atoms with Crippen LogP contribution in [0.2, 0.25) is 0 Å². The summed E-state index contributed by atoms with van der Waals surface area (Å²) >= 11 is 0.943. The number of rotatable bonds is 5. The molecular weight excluding hydrogens is 385 g/mol. The van der Waals surface area contributed by atoms with Crippen LogP contribution < -0.4 is 10.6 Å². The highest BCUT2D eigenvalue weighted by molar-refractivity contribution is 7.09. The Morgan fingerprint density at radius 2 is 1.93 bits per heavy atom. The first-order valence-corrected chi connectivity index (χ1v) is 9.77. The smallest absolute Gasteiger partial charge is 0.407 e. The van der Waals surface area contributed by atoms with Crippen LogP contribution >= 0.6 is 11.5 Å². The molecule has 0 aliphatic heterocycles. The van der Waals surface area contributed by atoms with E-state index in [1.54, 1.807) is 12.1 Å². The highest BCUT2D eigenvalue weighted by atomic mass is 32.1. The summed E-state index contributed by atoms with van der Waals surface area (Å²) in [5.74, 6) is -0.0821. The van der Waals surface area contributed by atoms with Crippen LogP contribution in [-0.2, 0) is 13.1 Å². The third-order valence-corrected chi connectivity index (χ3v) is 4.65. The molecular formula is C18H24FN5O3S. The van der Waals surface area contributed by atoms with E-state index in [2.05, 4.69) is 20.0 Å². The van der Waals surface area contributed by atoms with E-state index < -0.39 is 12.1 Å². The van der Waals surface area contributed by atoms with Crippen LogP contribution in [0.1, 0.15) is 43.5 Å². The molecule has 0 saturated heterocycles. The Bertz CT molecular complexity index is 774. The second kappa shape index (κ2) is 11.2. The van der Waals surface area contributed by atoms with Crippen molar-refractivity contribution in [1.29, 1.82) is 0 Å². The van der Waals surface area contributed by atoms with E-state index in [-0.39, 0.29) is 24.0 Å². The van der Waals surface area contributed by atoms with Crippen LogP contribution in [-0.4, -0.2) is 38.5 Å². The lowest BCUT2D eigenvalue weighted by atomic mass is 10.2. The van der Waals surface area contributed by atoms with Gasteiger partial charge in [-0.05, 0) is 17.7 Å². The van der Waals surface area contributed by atoms with Crippen LogP contribution in [0.15, 0.2) is 24.3 Å². The number of hydrogen-bond donors (Lipinski definition) is 3. The zero-order chi connectivity index (χ0) is 20.4. The van der Waals surface area contributed by atoms with Gasteiger partial charge >= 0.3 is 12.1 Å². The molecule has 0 radical (unpaired) electrons. The molecule has 1 aliphatic rings. The molecule has 1 saturated carbocycles. The number of nitrogens with zero attached hydrogens (tertiary/aromatic N) is 3. The Kier molecular flexibility index (Phi) is 8.60. The van der Waals surface area contributed by atoms with Gasteiger partial charge in [0, 0.05) is 25.1 Å². The van der Waals surface area contributed by atoms with Gasteiger partial charge in [-0.1, -0.05) is 44.2 Å². The van der Waals surface area contributed by atoms with E-state index in [1.165, 1.54) is 51.3 Å². The number of amides is 3. The SMILES string of the molecule is C1CCCC1.CN(Cc1nsc(NC(=O)NCc2cccc(F)c2)n1)C(=O)O. The van der Waals surface area contributed by atoms with Gasteiger partial charge in [-0.25, -0.2) is 19.0 Å². The van der Waals surface area contributed by atoms with E-state index in [1.807, 2.05) is 0 Å². The van der Waals surface area contributed by atoms with E-state index in [4.69, 9.17) is 5.11 Å². The predicted octanol–water partition coefficient (Wildman–Crippen LogP) is 4.06. The van der Waals surface area contributed by atoms with Crippen molar-refractivity contribution in [2.75, 3.05) is 12.4 Å². The number of anilines is 1. The first-order valence-electron chi connectivity index (χ1n) is 9.00. The van der Waals surface area contributed by atoms with Gasteiger partial charge in [0.05, 0.1) is 6.54 Å². The van der Waals surface area contributed by atoms with Crippen LogP contribution in [0.5, 0.6) is 0 Å². The third kappa shape index (κ3) is 7.87. The lowest BCUT2D eigenvalue weighted by Gasteiger charge is -2.09. The molecule has 1 aromatic carbocycles. The molecule has 0 spiro atoms. The number of nitrogens with one attached hydrogen (secondary N) is 2. The van der Waals surface area contributed by atoms with Crippen LogP contribution in [0.3, 0.4) is 0 Å². The van der Waals surface area contributed by atoms with Crippen LogP contribution in [0.25, 0.3) is 0 Å². The molecule has 3 amide bonds. The van der Waals surface area contributed by atoms with E-state index >= 15 is 0 Å². The van der Waals surface area contributed by atoms with Crippen molar-refractivity contribution >= 4 is 28.8 Å². The van der Waals surface area contributed by atoms with Crippen molar-refractivity contribution in [2.45, 2.75) is 45.2 Å². The predicted molar refractivity (Wildman–Crippen MR) is 105 cm³/mol. The Hall–Kier alpha value is -2.75. The monoisotopic (exact) mass is 409 g/mol. The minimum atomic E-state index is -1.10. The largest absolute Gasteiger partial charge is 0.465 e. The normalized spacial score (nSPS) is 12.6. The molecule has 1 heterocycles. The maximum Gasteiger partial charge on any atom is 0.407 e. The van der Waals surface area contributed by atoms with Crippen LogP contribution in [0.4, 0.5) is 19.1 Å². The Morgan fingerprint density at radius 3 is 2.54 bits per heavy atom. The van der Waals surface area contributed by atoms with E-state index in [0.29, 0.717) is 11.4 Å². The molecule has 0 atom stereocenters. The van der Waals surface area contributed by atoms with E-state index in [0.717, 1.165) is 16.4 Å². The fourth-order valence-electron chi connectivity index (χ4n) is 2.50. The Labute approximate surface area is 167 Å². The van der Waals surface area contributed by atoms with E-state index in [9.17, 15) is 14.0 Å². The first kappa shape index (κ1) is 21.5. The molecule has 3 N–H and O–H groups in total. The number of aromatic nitrogens is 2. The maximum absolute atomic E-state index is 13.0. The minimum Gasteiger partial charge on any atom is -0.465 e. The molecule has 2 aromatic rings. The van der Waals surface area contributed by atoms with Crippen molar-refractivity contribution in [2.24, 2.45) is 0 Å². The van der Waals surface area contributed by atoms with Gasteiger partial charge in [-0.2, -0.15) is 4.37 Å². The minimum absolute atomic E-state index is 0.0262. The summed E-state index contributed by atoms with van der Waals surface area (Å²) in [4.78, 5) is 27.5. The summed E-state index contributed by atoms with van der Waals surface area (Å²) in [5, 5.41) is 14.1. The van der Waals surface area contributed by atoms with Gasteiger partial charge in [0.15, 0.2) is 5.82 Å². The number of carboxylic acid groups (broad SMARTS) is 1. The Balaban J connectivity index is 0.000000485. The van der Waals surface area contributed by atoms with Gasteiger partial charge in [-0.3, -0.25) is 5.32 Å². The van der Waals surface area contributed by atoms with Gasteiger partial charge < -0.3 is 15.3 Å². The fraction of sp³-hybridized carbons (Fsp3) is 0.444. The number of halogens is 1. The summed E-state index contributed by atoms with van der Waals surface area (Å²) in [7, 11) is 1.39. The third-order valence-electron chi connectivity index (χ3n) is 3.99. The average molecular weight is 409 g/mol. The van der Waals surface area contributed by atoms with Gasteiger partial charge in [-0.15, -0.1) is 0 Å². The molecule has 0 unspecified atom stereocenters. The zero-order valence-electron chi connectivity index (χ0n) is 15.7. The number of urea groups is 1. The summed E-state index contributed by atoms with van der Waals surface area (Å²) in [6.45, 7) is 0.190. The standard InChI is InChI=1S/C13H14FN5O3S.C5H10/c1-19(13(21)22)7-10-16-12(23-18-10)17-11(20)15-6-8-3-2-4-9(14)5-8;1-2-4-5-3-1/h2-5H,6-7H2,1H3,(H,21,22)(H2,15,16,17,18,20);1-5H2. The van der Waals surface area contributed by atoms with Gasteiger partial charge in [0.2, 0.25) is 5.13 Å². The number of hydrogen-bond acceptors (Lipinski definition) is 5. The summed E-state index contributed by atoms with van der Waals surface area (Å²) in [6, 6.07) is 5.38. The molecule has 1 aliphatic carbocycles. The molecule has 0 bridgehead atoms. The van der Waals surface area contributed by atoms with Crippen molar-refractivity contribution in [3.05, 3.63) is 41.5 Å². The number of carbonyl (C=O) groups excluding carboxylic acids is 1. The average Bonchev–Trinajstić information content (AvgIpc) is 3.35. The van der Waals surface area contributed by atoms with Crippen LogP contribution in [0, 0.1) is 5.82 Å². The molecule has 8 nitrogen and oxygen atoms in total. The molecule has 10 heteroatoms. The molecule has 1 aromatic heterocycles. The summed E-state index contributed by atoms with van der Waals surface area (Å²) in [5.41, 5.74) is 0.626. The molecule has 28 heavy (non-hydrogen) atoms.